The number of ether oxygens (including phenoxy) is 1. The van der Waals surface area contributed by atoms with Gasteiger partial charge in [0, 0.05) is 6.42 Å². The van der Waals surface area contributed by atoms with Crippen molar-refractivity contribution in [1.29, 1.82) is 5.26 Å². The largest absolute Gasteiger partial charge is 0.491 e. The van der Waals surface area contributed by atoms with Crippen LogP contribution in [0, 0.1) is 18.3 Å². The minimum atomic E-state index is -0.841. The van der Waals surface area contributed by atoms with Crippen LogP contribution in [0.15, 0.2) is 18.2 Å². The van der Waals surface area contributed by atoms with Crippen LogP contribution in [0.2, 0.25) is 0 Å². The fraction of sp³-hybridized carbons (Fsp3) is 0.562. The van der Waals surface area contributed by atoms with Crippen LogP contribution in [0.4, 0.5) is 0 Å². The molecule has 0 aromatic heterocycles. The highest BCUT2D eigenvalue weighted by molar-refractivity contribution is 5.36. The first-order chi connectivity index (χ1) is 8.75. The summed E-state index contributed by atoms with van der Waals surface area (Å²) in [7, 11) is 0. The molecular formula is C16H24N2O. The number of nitrogens with zero attached hydrogens (tertiary/aromatic N) is 1. The second kappa shape index (κ2) is 6.08. The summed E-state index contributed by atoms with van der Waals surface area (Å²) in [6.45, 7) is 10.1. The molecule has 2 atom stereocenters. The molecule has 0 spiro atoms. The third-order valence-corrected chi connectivity index (χ3v) is 3.17. The number of rotatable bonds is 5. The van der Waals surface area contributed by atoms with Crippen LogP contribution in [-0.4, -0.2) is 11.6 Å². The molecule has 0 radical (unpaired) electrons. The molecule has 104 valence electrons. The van der Waals surface area contributed by atoms with Crippen molar-refractivity contribution in [2.24, 2.45) is 5.73 Å². The Morgan fingerprint density at radius 2 is 2.00 bits per heavy atom. The first-order valence-corrected chi connectivity index (χ1v) is 6.72. The molecule has 0 aliphatic rings. The highest BCUT2D eigenvalue weighted by Crippen LogP contribution is 2.25. The molecule has 0 saturated heterocycles. The first-order valence-electron chi connectivity index (χ1n) is 6.72. The van der Waals surface area contributed by atoms with Gasteiger partial charge in [-0.2, -0.15) is 5.26 Å². The maximum atomic E-state index is 8.92. The van der Waals surface area contributed by atoms with Gasteiger partial charge in [-0.3, -0.25) is 0 Å². The van der Waals surface area contributed by atoms with E-state index in [0.29, 0.717) is 12.3 Å². The quantitative estimate of drug-likeness (QED) is 0.881. The van der Waals surface area contributed by atoms with E-state index >= 15 is 0 Å². The van der Waals surface area contributed by atoms with Crippen LogP contribution in [0.1, 0.15) is 51.2 Å². The van der Waals surface area contributed by atoms with Crippen LogP contribution in [0.25, 0.3) is 0 Å². The number of aryl methyl sites for hydroxylation is 1. The maximum Gasteiger partial charge on any atom is 0.119 e. The van der Waals surface area contributed by atoms with Gasteiger partial charge in [0.2, 0.25) is 0 Å². The Bertz CT molecular complexity index is 472. The van der Waals surface area contributed by atoms with Gasteiger partial charge in [-0.15, -0.1) is 0 Å². The summed E-state index contributed by atoms with van der Waals surface area (Å²) in [5, 5.41) is 8.92. The lowest BCUT2D eigenvalue weighted by atomic mass is 9.97. The lowest BCUT2D eigenvalue weighted by molar-refractivity contribution is 0.191. The van der Waals surface area contributed by atoms with Crippen molar-refractivity contribution in [3.8, 4) is 11.8 Å². The molecule has 19 heavy (non-hydrogen) atoms. The molecule has 1 rings (SSSR count). The molecule has 1 aromatic carbocycles. The van der Waals surface area contributed by atoms with Gasteiger partial charge in [-0.1, -0.05) is 19.9 Å². The SMILES string of the molecule is Cc1cc(OC(C)CC(C)(N)C#N)ccc1C(C)C. The lowest BCUT2D eigenvalue weighted by Gasteiger charge is -2.22. The van der Waals surface area contributed by atoms with Gasteiger partial charge >= 0.3 is 0 Å². The van der Waals surface area contributed by atoms with Crippen LogP contribution in [0.3, 0.4) is 0 Å². The van der Waals surface area contributed by atoms with Crippen molar-refractivity contribution >= 4 is 0 Å². The summed E-state index contributed by atoms with van der Waals surface area (Å²) in [5.74, 6) is 1.35. The summed E-state index contributed by atoms with van der Waals surface area (Å²) in [6, 6.07) is 8.23. The topological polar surface area (TPSA) is 59.0 Å². The zero-order valence-corrected chi connectivity index (χ0v) is 12.5. The number of benzene rings is 1. The minimum absolute atomic E-state index is 0.0843. The van der Waals surface area contributed by atoms with Crippen molar-refractivity contribution in [2.45, 2.75) is 58.6 Å². The molecule has 0 fully saturated rings. The Balaban J connectivity index is 2.74. The van der Waals surface area contributed by atoms with E-state index in [2.05, 4.69) is 32.9 Å². The fourth-order valence-electron chi connectivity index (χ4n) is 2.29. The predicted molar refractivity (Wildman–Crippen MR) is 78.2 cm³/mol. The van der Waals surface area contributed by atoms with Crippen molar-refractivity contribution in [2.75, 3.05) is 0 Å². The highest BCUT2D eigenvalue weighted by Gasteiger charge is 2.22. The average molecular weight is 260 g/mol. The average Bonchev–Trinajstić information content (AvgIpc) is 2.27. The van der Waals surface area contributed by atoms with E-state index in [4.69, 9.17) is 15.7 Å². The van der Waals surface area contributed by atoms with Crippen molar-refractivity contribution in [3.05, 3.63) is 29.3 Å². The lowest BCUT2D eigenvalue weighted by Crippen LogP contribution is -2.38. The smallest absolute Gasteiger partial charge is 0.119 e. The first kappa shape index (κ1) is 15.5. The van der Waals surface area contributed by atoms with Crippen LogP contribution >= 0.6 is 0 Å². The Labute approximate surface area is 116 Å². The molecule has 1 aromatic rings. The van der Waals surface area contributed by atoms with E-state index in [0.717, 1.165) is 5.75 Å². The minimum Gasteiger partial charge on any atom is -0.491 e. The molecule has 0 aliphatic heterocycles. The van der Waals surface area contributed by atoms with Crippen molar-refractivity contribution in [1.82, 2.24) is 0 Å². The van der Waals surface area contributed by atoms with Gasteiger partial charge in [0.1, 0.15) is 11.3 Å². The van der Waals surface area contributed by atoms with Crippen LogP contribution in [0.5, 0.6) is 5.75 Å². The zero-order valence-electron chi connectivity index (χ0n) is 12.5. The Hall–Kier alpha value is -1.53. The molecule has 0 saturated carbocycles. The zero-order chi connectivity index (χ0) is 14.6. The third kappa shape index (κ3) is 4.57. The monoisotopic (exact) mass is 260 g/mol. The van der Waals surface area contributed by atoms with E-state index in [1.807, 2.05) is 19.1 Å². The predicted octanol–water partition coefficient (Wildman–Crippen LogP) is 3.52. The Kier molecular flexibility index (Phi) is 4.97. The molecule has 0 bridgehead atoms. The van der Waals surface area contributed by atoms with E-state index in [1.165, 1.54) is 11.1 Å². The Morgan fingerprint density at radius 3 is 2.47 bits per heavy atom. The summed E-state index contributed by atoms with van der Waals surface area (Å²) >= 11 is 0. The Morgan fingerprint density at radius 1 is 1.37 bits per heavy atom. The molecule has 2 unspecified atom stereocenters. The standard InChI is InChI=1S/C16H24N2O/c1-11(2)15-7-6-14(8-12(15)3)19-13(4)9-16(5,18)10-17/h6-8,11,13H,9,18H2,1-5H3. The van der Waals surface area contributed by atoms with Crippen molar-refractivity contribution in [3.63, 3.8) is 0 Å². The highest BCUT2D eigenvalue weighted by atomic mass is 16.5. The molecule has 2 N–H and O–H groups in total. The van der Waals surface area contributed by atoms with E-state index in [-0.39, 0.29) is 6.10 Å². The van der Waals surface area contributed by atoms with Crippen LogP contribution < -0.4 is 10.5 Å². The number of hydrogen-bond acceptors (Lipinski definition) is 3. The fourth-order valence-corrected chi connectivity index (χ4v) is 2.29. The van der Waals surface area contributed by atoms with Gasteiger partial charge in [-0.25, -0.2) is 0 Å². The number of nitrogens with two attached hydrogens (primary N) is 1. The normalized spacial score (nSPS) is 15.7. The second-order valence-electron chi connectivity index (χ2n) is 5.83. The molecule has 3 nitrogen and oxygen atoms in total. The molecule has 0 heterocycles. The molecular weight excluding hydrogens is 236 g/mol. The molecule has 0 amide bonds. The molecule has 0 aliphatic carbocycles. The maximum absolute atomic E-state index is 8.92. The number of nitriles is 1. The summed E-state index contributed by atoms with van der Waals surface area (Å²) in [6.07, 6.45) is 0.424. The summed E-state index contributed by atoms with van der Waals surface area (Å²) in [5.41, 5.74) is 7.55. The molecule has 3 heteroatoms. The summed E-state index contributed by atoms with van der Waals surface area (Å²) < 4.78 is 5.84. The van der Waals surface area contributed by atoms with Crippen LogP contribution in [-0.2, 0) is 0 Å². The van der Waals surface area contributed by atoms with Gasteiger partial charge < -0.3 is 10.5 Å². The third-order valence-electron chi connectivity index (χ3n) is 3.17. The van der Waals surface area contributed by atoms with Gasteiger partial charge in [-0.05, 0) is 49.9 Å². The summed E-state index contributed by atoms with van der Waals surface area (Å²) in [4.78, 5) is 0. The van der Waals surface area contributed by atoms with Gasteiger partial charge in [0.25, 0.3) is 0 Å². The number of hydrogen-bond donors (Lipinski definition) is 1. The second-order valence-corrected chi connectivity index (χ2v) is 5.83. The van der Waals surface area contributed by atoms with E-state index in [9.17, 15) is 0 Å². The van der Waals surface area contributed by atoms with Crippen molar-refractivity contribution < 1.29 is 4.74 Å². The van der Waals surface area contributed by atoms with E-state index in [1.54, 1.807) is 6.92 Å². The van der Waals surface area contributed by atoms with E-state index < -0.39 is 5.54 Å². The van der Waals surface area contributed by atoms with Gasteiger partial charge in [0.05, 0.1) is 12.2 Å². The van der Waals surface area contributed by atoms with Gasteiger partial charge in [0.15, 0.2) is 0 Å².